The Bertz CT molecular complexity index is 1180. The maximum Gasteiger partial charge on any atom is 0.293 e. The summed E-state index contributed by atoms with van der Waals surface area (Å²) in [7, 11) is 0. The van der Waals surface area contributed by atoms with Gasteiger partial charge in [0.2, 0.25) is 0 Å². The third-order valence-corrected chi connectivity index (χ3v) is 5.37. The highest BCUT2D eigenvalue weighted by molar-refractivity contribution is 7.14. The van der Waals surface area contributed by atoms with E-state index in [1.807, 2.05) is 11.4 Å². The fraction of sp³-hybridized carbons (Fsp3) is 0.130. The van der Waals surface area contributed by atoms with Crippen LogP contribution in [-0.4, -0.2) is 10.9 Å². The summed E-state index contributed by atoms with van der Waals surface area (Å²) >= 11 is 1.35. The van der Waals surface area contributed by atoms with Crippen molar-refractivity contribution in [3.05, 3.63) is 88.4 Å². The van der Waals surface area contributed by atoms with E-state index in [1.165, 1.54) is 46.7 Å². The molecule has 0 aliphatic heterocycles. The summed E-state index contributed by atoms with van der Waals surface area (Å²) in [6.45, 7) is 4.25. The van der Waals surface area contributed by atoms with Crippen LogP contribution in [-0.2, 0) is 6.61 Å². The van der Waals surface area contributed by atoms with Crippen molar-refractivity contribution in [2.45, 2.75) is 20.5 Å². The van der Waals surface area contributed by atoms with Crippen molar-refractivity contribution in [2.24, 2.45) is 0 Å². The van der Waals surface area contributed by atoms with E-state index in [-0.39, 0.29) is 24.1 Å². The van der Waals surface area contributed by atoms with Gasteiger partial charge in [-0.2, -0.15) is 0 Å². The van der Waals surface area contributed by atoms with Crippen LogP contribution < -0.4 is 10.1 Å². The molecule has 7 heteroatoms. The minimum absolute atomic E-state index is 0.132. The molecule has 0 aliphatic carbocycles. The standard InChI is InChI=1S/C23H19FN2O3S/c1-14-3-4-16(11-15(14)2)20-13-30-23(25-20)26-22(27)21-10-9-19(29-21)12-28-18-7-5-17(24)6-8-18/h3-11,13H,12H2,1-2H3,(H,25,26,27). The smallest absolute Gasteiger partial charge is 0.293 e. The fourth-order valence-electron chi connectivity index (χ4n) is 2.79. The summed E-state index contributed by atoms with van der Waals surface area (Å²) in [5.41, 5.74) is 4.23. The Balaban J connectivity index is 1.38. The van der Waals surface area contributed by atoms with Gasteiger partial charge in [0.15, 0.2) is 10.9 Å². The molecule has 4 aromatic rings. The Morgan fingerprint density at radius 1 is 1.10 bits per heavy atom. The predicted octanol–water partition coefficient (Wildman–Crippen LogP) is 5.99. The zero-order valence-electron chi connectivity index (χ0n) is 16.4. The van der Waals surface area contributed by atoms with E-state index in [4.69, 9.17) is 9.15 Å². The molecule has 1 N–H and O–H groups in total. The third-order valence-electron chi connectivity index (χ3n) is 4.61. The van der Waals surface area contributed by atoms with Crippen molar-refractivity contribution in [3.8, 4) is 17.0 Å². The summed E-state index contributed by atoms with van der Waals surface area (Å²) in [4.78, 5) is 17.0. The van der Waals surface area contributed by atoms with Gasteiger partial charge in [-0.15, -0.1) is 11.3 Å². The number of amides is 1. The molecule has 30 heavy (non-hydrogen) atoms. The molecule has 1 amide bonds. The number of nitrogens with one attached hydrogen (secondary N) is 1. The summed E-state index contributed by atoms with van der Waals surface area (Å²) in [6, 6.07) is 15.1. The van der Waals surface area contributed by atoms with Gasteiger partial charge in [-0.25, -0.2) is 9.37 Å². The van der Waals surface area contributed by atoms with Crippen LogP contribution >= 0.6 is 11.3 Å². The van der Waals surface area contributed by atoms with Crippen molar-refractivity contribution in [2.75, 3.05) is 5.32 Å². The summed E-state index contributed by atoms with van der Waals surface area (Å²) in [5.74, 6) is 0.446. The largest absolute Gasteiger partial charge is 0.486 e. The zero-order valence-corrected chi connectivity index (χ0v) is 17.3. The molecule has 152 valence electrons. The fourth-order valence-corrected chi connectivity index (χ4v) is 3.50. The number of anilines is 1. The van der Waals surface area contributed by atoms with E-state index in [0.717, 1.165) is 11.3 Å². The number of benzene rings is 2. The zero-order chi connectivity index (χ0) is 21.1. The SMILES string of the molecule is Cc1ccc(-c2csc(NC(=O)c3ccc(COc4ccc(F)cc4)o3)n2)cc1C. The van der Waals surface area contributed by atoms with Crippen LogP contribution in [0.2, 0.25) is 0 Å². The lowest BCUT2D eigenvalue weighted by molar-refractivity contribution is 0.0992. The van der Waals surface area contributed by atoms with Crippen LogP contribution in [0.15, 0.2) is 64.4 Å². The van der Waals surface area contributed by atoms with Crippen LogP contribution in [0.4, 0.5) is 9.52 Å². The predicted molar refractivity (Wildman–Crippen MR) is 114 cm³/mol. The number of carbonyl (C=O) groups is 1. The number of rotatable bonds is 6. The Kier molecular flexibility index (Phi) is 5.63. The molecule has 0 spiro atoms. The number of nitrogens with zero attached hydrogens (tertiary/aromatic N) is 1. The minimum Gasteiger partial charge on any atom is -0.486 e. The molecular formula is C23H19FN2O3S. The van der Waals surface area contributed by atoms with Crippen LogP contribution in [0, 0.1) is 19.7 Å². The molecule has 0 atom stereocenters. The third kappa shape index (κ3) is 4.58. The molecule has 2 aromatic heterocycles. The maximum absolute atomic E-state index is 12.9. The molecule has 0 fully saturated rings. The molecule has 0 saturated carbocycles. The lowest BCUT2D eigenvalue weighted by Crippen LogP contribution is -2.10. The van der Waals surface area contributed by atoms with E-state index in [9.17, 15) is 9.18 Å². The number of hydrogen-bond donors (Lipinski definition) is 1. The van der Waals surface area contributed by atoms with E-state index in [1.54, 1.807) is 12.1 Å². The second-order valence-corrected chi connectivity index (χ2v) is 7.66. The number of aryl methyl sites for hydroxylation is 2. The van der Waals surface area contributed by atoms with Gasteiger partial charge in [0, 0.05) is 10.9 Å². The van der Waals surface area contributed by atoms with Crippen LogP contribution in [0.3, 0.4) is 0 Å². The first-order chi connectivity index (χ1) is 14.5. The Hall–Kier alpha value is -3.45. The molecule has 4 rings (SSSR count). The van der Waals surface area contributed by atoms with Crippen LogP contribution in [0.1, 0.15) is 27.4 Å². The van der Waals surface area contributed by atoms with Gasteiger partial charge in [-0.1, -0.05) is 12.1 Å². The molecule has 0 unspecified atom stereocenters. The topological polar surface area (TPSA) is 64.4 Å². The first-order valence-corrected chi connectivity index (χ1v) is 10.2. The number of thiazole rings is 1. The van der Waals surface area contributed by atoms with Gasteiger partial charge >= 0.3 is 0 Å². The van der Waals surface area contributed by atoms with Crippen molar-refractivity contribution < 1.29 is 18.3 Å². The van der Waals surface area contributed by atoms with Gasteiger partial charge < -0.3 is 9.15 Å². The maximum atomic E-state index is 12.9. The average molecular weight is 422 g/mol. The normalized spacial score (nSPS) is 10.8. The first kappa shape index (κ1) is 19.8. The highest BCUT2D eigenvalue weighted by Crippen LogP contribution is 2.27. The van der Waals surface area contributed by atoms with Crippen molar-refractivity contribution in [1.29, 1.82) is 0 Å². The number of halogens is 1. The van der Waals surface area contributed by atoms with Crippen molar-refractivity contribution >= 4 is 22.4 Å². The van der Waals surface area contributed by atoms with Crippen LogP contribution in [0.25, 0.3) is 11.3 Å². The molecule has 0 radical (unpaired) electrons. The van der Waals surface area contributed by atoms with E-state index >= 15 is 0 Å². The second kappa shape index (κ2) is 8.51. The Morgan fingerprint density at radius 3 is 2.67 bits per heavy atom. The lowest BCUT2D eigenvalue weighted by Gasteiger charge is -2.03. The molecule has 0 bridgehead atoms. The lowest BCUT2D eigenvalue weighted by atomic mass is 10.1. The van der Waals surface area contributed by atoms with E-state index in [0.29, 0.717) is 16.6 Å². The van der Waals surface area contributed by atoms with Gasteiger partial charge in [0.05, 0.1) is 5.69 Å². The average Bonchev–Trinajstić information content (AvgIpc) is 3.39. The molecule has 2 heterocycles. The summed E-state index contributed by atoms with van der Waals surface area (Å²) in [5, 5.41) is 5.16. The van der Waals surface area contributed by atoms with Gasteiger partial charge in [0.25, 0.3) is 5.91 Å². The van der Waals surface area contributed by atoms with Gasteiger partial charge in [0.1, 0.15) is 23.9 Å². The highest BCUT2D eigenvalue weighted by Gasteiger charge is 2.14. The molecular weight excluding hydrogens is 403 g/mol. The monoisotopic (exact) mass is 422 g/mol. The van der Waals surface area contributed by atoms with E-state index in [2.05, 4.69) is 36.3 Å². The number of furan rings is 1. The number of hydrogen-bond acceptors (Lipinski definition) is 5. The highest BCUT2D eigenvalue weighted by atomic mass is 32.1. The molecule has 2 aromatic carbocycles. The quantitative estimate of drug-likeness (QED) is 0.414. The first-order valence-electron chi connectivity index (χ1n) is 9.29. The van der Waals surface area contributed by atoms with Crippen molar-refractivity contribution in [3.63, 3.8) is 0 Å². The number of carbonyl (C=O) groups excluding carboxylic acids is 1. The second-order valence-electron chi connectivity index (χ2n) is 6.80. The number of ether oxygens (including phenoxy) is 1. The Morgan fingerprint density at radius 2 is 1.90 bits per heavy atom. The number of aromatic nitrogens is 1. The van der Waals surface area contributed by atoms with E-state index < -0.39 is 0 Å². The summed E-state index contributed by atoms with van der Waals surface area (Å²) in [6.07, 6.45) is 0. The minimum atomic E-state index is -0.385. The summed E-state index contributed by atoms with van der Waals surface area (Å²) < 4.78 is 24.0. The van der Waals surface area contributed by atoms with Crippen molar-refractivity contribution in [1.82, 2.24) is 4.98 Å². The van der Waals surface area contributed by atoms with Crippen LogP contribution in [0.5, 0.6) is 5.75 Å². The molecule has 5 nitrogen and oxygen atoms in total. The molecule has 0 saturated heterocycles. The Labute approximate surface area is 177 Å². The van der Waals surface area contributed by atoms with Gasteiger partial charge in [-0.05, 0) is 67.4 Å². The van der Waals surface area contributed by atoms with Gasteiger partial charge in [-0.3, -0.25) is 10.1 Å². The molecule has 0 aliphatic rings.